The molecule has 3 aromatic rings. The van der Waals surface area contributed by atoms with Gasteiger partial charge in [-0.2, -0.15) is 0 Å². The summed E-state index contributed by atoms with van der Waals surface area (Å²) >= 11 is 0. The van der Waals surface area contributed by atoms with E-state index >= 15 is 0 Å². The zero-order valence-electron chi connectivity index (χ0n) is 24.1. The first-order chi connectivity index (χ1) is 19.9. The van der Waals surface area contributed by atoms with Gasteiger partial charge in [-0.1, -0.05) is 62.4 Å². The molecule has 0 saturated carbocycles. The third-order valence-corrected chi connectivity index (χ3v) is 7.39. The van der Waals surface area contributed by atoms with Crippen molar-refractivity contribution in [2.45, 2.75) is 32.9 Å². The number of amides is 1. The molecule has 0 aliphatic carbocycles. The topological polar surface area (TPSA) is 88.5 Å². The summed E-state index contributed by atoms with van der Waals surface area (Å²) in [5, 5.41) is 11.4. The number of carbonyl (C=O) groups is 2. The second-order valence-corrected chi connectivity index (χ2v) is 9.79. The SMILES string of the molecule is CCN(CC)CCCN1C(=O)C(=O)/C(=C(/O)c2cccc(OC)c2)C1c1ccc(OCc2ccccc2)c(OC)c1. The van der Waals surface area contributed by atoms with Crippen LogP contribution >= 0.6 is 0 Å². The lowest BCUT2D eigenvalue weighted by atomic mass is 9.95. The standard InChI is InChI=1S/C33H38N2O6/c1-5-34(6-2)18-11-19-35-30(29(32(37)33(35)38)31(36)25-14-10-15-26(20-25)39-3)24-16-17-27(28(21-24)40-4)41-22-23-12-8-7-9-13-23/h7-10,12-17,20-21,30,36H,5-6,11,18-19,22H2,1-4H3/b31-29+. The molecule has 1 N–H and O–H groups in total. The predicted octanol–water partition coefficient (Wildman–Crippen LogP) is 5.44. The van der Waals surface area contributed by atoms with Crippen LogP contribution in [0.15, 0.2) is 78.4 Å². The summed E-state index contributed by atoms with van der Waals surface area (Å²) in [6.07, 6.45) is 0.680. The maximum Gasteiger partial charge on any atom is 0.295 e. The summed E-state index contributed by atoms with van der Waals surface area (Å²) in [5.74, 6) is -0.0775. The number of hydrogen-bond donors (Lipinski definition) is 1. The normalized spacial score (nSPS) is 16.3. The zero-order chi connectivity index (χ0) is 29.4. The molecule has 1 unspecified atom stereocenters. The van der Waals surface area contributed by atoms with Crippen LogP contribution in [0.3, 0.4) is 0 Å². The minimum Gasteiger partial charge on any atom is -0.507 e. The first kappa shape index (κ1) is 29.7. The lowest BCUT2D eigenvalue weighted by Crippen LogP contribution is -2.33. The van der Waals surface area contributed by atoms with Crippen LogP contribution in [0.4, 0.5) is 0 Å². The van der Waals surface area contributed by atoms with Gasteiger partial charge in [0.25, 0.3) is 11.7 Å². The van der Waals surface area contributed by atoms with E-state index in [1.165, 1.54) is 7.11 Å². The molecule has 8 nitrogen and oxygen atoms in total. The Morgan fingerprint density at radius 3 is 2.34 bits per heavy atom. The third kappa shape index (κ3) is 6.72. The van der Waals surface area contributed by atoms with E-state index in [4.69, 9.17) is 14.2 Å². The van der Waals surface area contributed by atoms with Crippen LogP contribution in [0.1, 0.15) is 43.0 Å². The number of ether oxygens (including phenoxy) is 3. The van der Waals surface area contributed by atoms with E-state index in [9.17, 15) is 14.7 Å². The average Bonchev–Trinajstić information content (AvgIpc) is 3.27. The number of nitrogens with zero attached hydrogens (tertiary/aromatic N) is 2. The average molecular weight is 559 g/mol. The van der Waals surface area contributed by atoms with Crippen molar-refractivity contribution in [2.24, 2.45) is 0 Å². The second kappa shape index (κ2) is 13.9. The Morgan fingerprint density at radius 2 is 1.66 bits per heavy atom. The van der Waals surface area contributed by atoms with Crippen molar-refractivity contribution in [2.75, 3.05) is 40.4 Å². The lowest BCUT2D eigenvalue weighted by Gasteiger charge is -2.27. The first-order valence-corrected chi connectivity index (χ1v) is 13.9. The molecule has 216 valence electrons. The number of rotatable bonds is 13. The highest BCUT2D eigenvalue weighted by molar-refractivity contribution is 6.46. The van der Waals surface area contributed by atoms with Gasteiger partial charge in [0.15, 0.2) is 11.5 Å². The monoisotopic (exact) mass is 558 g/mol. The molecule has 1 heterocycles. The minimum atomic E-state index is -0.796. The molecule has 0 bridgehead atoms. The number of benzene rings is 3. The minimum absolute atomic E-state index is 0.0334. The van der Waals surface area contributed by atoms with Gasteiger partial charge < -0.3 is 29.1 Å². The second-order valence-electron chi connectivity index (χ2n) is 9.79. The van der Waals surface area contributed by atoms with Crippen LogP contribution in [-0.4, -0.2) is 67.0 Å². The van der Waals surface area contributed by atoms with Crippen molar-refractivity contribution in [1.29, 1.82) is 0 Å². The van der Waals surface area contributed by atoms with E-state index in [1.807, 2.05) is 36.4 Å². The van der Waals surface area contributed by atoms with Gasteiger partial charge in [0.1, 0.15) is 18.1 Å². The molecule has 1 aliphatic rings. The Hall–Kier alpha value is -4.30. The third-order valence-electron chi connectivity index (χ3n) is 7.39. The highest BCUT2D eigenvalue weighted by Crippen LogP contribution is 2.42. The van der Waals surface area contributed by atoms with E-state index in [1.54, 1.807) is 48.4 Å². The van der Waals surface area contributed by atoms with Crippen LogP contribution in [0.5, 0.6) is 17.2 Å². The molecule has 4 rings (SSSR count). The number of carbonyl (C=O) groups excluding carboxylic acids is 2. The van der Waals surface area contributed by atoms with Crippen LogP contribution in [0, 0.1) is 0 Å². The van der Waals surface area contributed by atoms with E-state index in [-0.39, 0.29) is 11.3 Å². The summed E-state index contributed by atoms with van der Waals surface area (Å²) in [6.45, 7) is 7.49. The summed E-state index contributed by atoms with van der Waals surface area (Å²) in [7, 11) is 3.08. The van der Waals surface area contributed by atoms with Gasteiger partial charge >= 0.3 is 0 Å². The number of methoxy groups -OCH3 is 2. The van der Waals surface area contributed by atoms with Crippen LogP contribution in [0.2, 0.25) is 0 Å². The van der Waals surface area contributed by atoms with Gasteiger partial charge in [-0.15, -0.1) is 0 Å². The Bertz CT molecular complexity index is 1380. The van der Waals surface area contributed by atoms with Crippen molar-refractivity contribution in [1.82, 2.24) is 9.80 Å². The summed E-state index contributed by atoms with van der Waals surface area (Å²) in [5.41, 5.74) is 2.08. The zero-order valence-corrected chi connectivity index (χ0v) is 24.1. The van der Waals surface area contributed by atoms with Crippen LogP contribution in [0.25, 0.3) is 5.76 Å². The van der Waals surface area contributed by atoms with Crippen molar-refractivity contribution < 1.29 is 28.9 Å². The van der Waals surface area contributed by atoms with E-state index in [0.717, 1.165) is 25.2 Å². The molecule has 0 radical (unpaired) electrons. The van der Waals surface area contributed by atoms with Gasteiger partial charge in [-0.3, -0.25) is 9.59 Å². The van der Waals surface area contributed by atoms with Crippen molar-refractivity contribution >= 4 is 17.4 Å². The fourth-order valence-corrected chi connectivity index (χ4v) is 5.10. The van der Waals surface area contributed by atoms with Crippen molar-refractivity contribution in [3.63, 3.8) is 0 Å². The smallest absolute Gasteiger partial charge is 0.295 e. The van der Waals surface area contributed by atoms with Gasteiger partial charge in [-0.05, 0) is 61.4 Å². The van der Waals surface area contributed by atoms with Crippen molar-refractivity contribution in [3.8, 4) is 17.2 Å². The molecule has 0 aromatic heterocycles. The van der Waals surface area contributed by atoms with E-state index < -0.39 is 17.7 Å². The lowest BCUT2D eigenvalue weighted by molar-refractivity contribution is -0.140. The molecule has 1 atom stereocenters. The van der Waals surface area contributed by atoms with E-state index in [0.29, 0.717) is 47.9 Å². The van der Waals surface area contributed by atoms with Gasteiger partial charge in [0.2, 0.25) is 0 Å². The number of hydrogen-bond acceptors (Lipinski definition) is 7. The van der Waals surface area contributed by atoms with Crippen LogP contribution in [-0.2, 0) is 16.2 Å². The first-order valence-electron chi connectivity index (χ1n) is 13.9. The quantitative estimate of drug-likeness (QED) is 0.170. The highest BCUT2D eigenvalue weighted by Gasteiger charge is 2.46. The molecule has 1 fully saturated rings. The number of likely N-dealkylation sites (tertiary alicyclic amines) is 1. The molecular formula is C33H38N2O6. The summed E-state index contributed by atoms with van der Waals surface area (Å²) < 4.78 is 17.0. The molecule has 8 heteroatoms. The Kier molecular flexibility index (Phi) is 10.0. The Balaban J connectivity index is 1.73. The fraction of sp³-hybridized carbons (Fsp3) is 0.333. The van der Waals surface area contributed by atoms with Crippen LogP contribution < -0.4 is 14.2 Å². The molecular weight excluding hydrogens is 520 g/mol. The predicted molar refractivity (Wildman–Crippen MR) is 158 cm³/mol. The van der Waals surface area contributed by atoms with E-state index in [2.05, 4.69) is 18.7 Å². The summed E-state index contributed by atoms with van der Waals surface area (Å²) in [6, 6.07) is 21.2. The highest BCUT2D eigenvalue weighted by atomic mass is 16.5. The number of aliphatic hydroxyl groups is 1. The number of ketones is 1. The van der Waals surface area contributed by atoms with Gasteiger partial charge in [0.05, 0.1) is 25.8 Å². The Labute approximate surface area is 241 Å². The van der Waals surface area contributed by atoms with Gasteiger partial charge in [0, 0.05) is 12.1 Å². The Morgan fingerprint density at radius 1 is 0.902 bits per heavy atom. The molecule has 0 spiro atoms. The molecule has 41 heavy (non-hydrogen) atoms. The number of aliphatic hydroxyl groups excluding tert-OH is 1. The number of Topliss-reactive ketones (excluding diaryl/α,β-unsaturated/α-hetero) is 1. The molecule has 1 aliphatic heterocycles. The maximum absolute atomic E-state index is 13.5. The summed E-state index contributed by atoms with van der Waals surface area (Å²) in [4.78, 5) is 30.7. The molecule has 3 aromatic carbocycles. The molecule has 1 saturated heterocycles. The van der Waals surface area contributed by atoms with Gasteiger partial charge in [-0.25, -0.2) is 0 Å². The fourth-order valence-electron chi connectivity index (χ4n) is 5.10. The van der Waals surface area contributed by atoms with Crippen molar-refractivity contribution in [3.05, 3.63) is 95.1 Å². The molecule has 1 amide bonds. The maximum atomic E-state index is 13.5. The largest absolute Gasteiger partial charge is 0.507 e.